The summed E-state index contributed by atoms with van der Waals surface area (Å²) in [4.78, 5) is 14.6. The number of hydrogen-bond donors (Lipinski definition) is 1. The molecular formula is C13H7F2IN2O. The Morgan fingerprint density at radius 2 is 2.00 bits per heavy atom. The van der Waals surface area contributed by atoms with Crippen LogP contribution >= 0.6 is 22.6 Å². The summed E-state index contributed by atoms with van der Waals surface area (Å²) in [5.74, 6) is -1.48. The Morgan fingerprint density at radius 3 is 2.68 bits per heavy atom. The van der Waals surface area contributed by atoms with Crippen LogP contribution in [0.1, 0.15) is 0 Å². The molecule has 0 amide bonds. The summed E-state index contributed by atoms with van der Waals surface area (Å²) < 4.78 is 29.7. The van der Waals surface area contributed by atoms with Crippen LogP contribution in [-0.4, -0.2) is 9.55 Å². The Hall–Kier alpha value is -1.70. The molecule has 2 aromatic heterocycles. The Kier molecular flexibility index (Phi) is 2.89. The third kappa shape index (κ3) is 1.95. The van der Waals surface area contributed by atoms with Gasteiger partial charge in [-0.3, -0.25) is 9.36 Å². The summed E-state index contributed by atoms with van der Waals surface area (Å²) in [6.45, 7) is 0. The van der Waals surface area contributed by atoms with Gasteiger partial charge in [0.1, 0.15) is 5.82 Å². The van der Waals surface area contributed by atoms with Gasteiger partial charge in [-0.15, -0.1) is 0 Å². The molecule has 0 aliphatic rings. The molecule has 1 N–H and O–H groups in total. The third-order valence-corrected chi connectivity index (χ3v) is 3.49. The first-order chi connectivity index (χ1) is 9.08. The van der Waals surface area contributed by atoms with Crippen molar-refractivity contribution in [1.82, 2.24) is 9.55 Å². The number of rotatable bonds is 1. The second-order valence-corrected chi connectivity index (χ2v) is 5.25. The molecule has 0 spiro atoms. The summed E-state index contributed by atoms with van der Waals surface area (Å²) in [5, 5.41) is -0.136. The fourth-order valence-electron chi connectivity index (χ4n) is 1.96. The van der Waals surface area contributed by atoms with Gasteiger partial charge in [-0.05, 0) is 40.8 Å². The van der Waals surface area contributed by atoms with Gasteiger partial charge in [0.25, 0.3) is 5.56 Å². The number of hydrogen-bond acceptors (Lipinski definition) is 1. The summed E-state index contributed by atoms with van der Waals surface area (Å²) >= 11 is 1.99. The van der Waals surface area contributed by atoms with E-state index in [0.717, 1.165) is 8.14 Å². The minimum absolute atomic E-state index is 0.0542. The van der Waals surface area contributed by atoms with Crippen LogP contribution in [-0.2, 0) is 0 Å². The zero-order valence-electron chi connectivity index (χ0n) is 9.45. The van der Waals surface area contributed by atoms with Crippen LogP contribution in [0.2, 0.25) is 0 Å². The van der Waals surface area contributed by atoms with Crippen molar-refractivity contribution in [1.29, 1.82) is 0 Å². The first-order valence-corrected chi connectivity index (χ1v) is 6.50. The normalized spacial score (nSPS) is 11.1. The average molecular weight is 372 g/mol. The van der Waals surface area contributed by atoms with E-state index in [0.29, 0.717) is 5.52 Å². The Morgan fingerprint density at radius 1 is 1.21 bits per heavy atom. The fraction of sp³-hybridized carbons (Fsp3) is 0. The predicted molar refractivity (Wildman–Crippen MR) is 76.5 cm³/mol. The van der Waals surface area contributed by atoms with Crippen LogP contribution < -0.4 is 5.56 Å². The molecule has 0 radical (unpaired) electrons. The predicted octanol–water partition coefficient (Wildman–Crippen LogP) is 3.20. The largest absolute Gasteiger partial charge is 0.338 e. The number of aromatic amines is 1. The lowest BCUT2D eigenvalue weighted by molar-refractivity contribution is 0.603. The van der Waals surface area contributed by atoms with E-state index in [1.807, 2.05) is 22.6 Å². The Balaban J connectivity index is 2.35. The highest BCUT2D eigenvalue weighted by atomic mass is 127. The number of nitrogens with zero attached hydrogens (tertiary/aromatic N) is 1. The first kappa shape index (κ1) is 12.3. The highest BCUT2D eigenvalue weighted by Gasteiger charge is 2.16. The molecule has 1 aromatic carbocycles. The molecule has 0 aliphatic heterocycles. The summed E-state index contributed by atoms with van der Waals surface area (Å²) in [6, 6.07) is 7.27. The lowest BCUT2D eigenvalue weighted by atomic mass is 10.2. The van der Waals surface area contributed by atoms with Gasteiger partial charge in [0.15, 0.2) is 11.6 Å². The van der Waals surface area contributed by atoms with E-state index in [-0.39, 0.29) is 16.8 Å². The van der Waals surface area contributed by atoms with Crippen LogP contribution in [0.15, 0.2) is 41.3 Å². The maximum absolute atomic E-state index is 14.2. The van der Waals surface area contributed by atoms with Crippen molar-refractivity contribution >= 4 is 33.5 Å². The SMILES string of the molecule is O=c1cc(I)ccn1-c1[nH]c2cccc(F)c2c1F. The zero-order valence-corrected chi connectivity index (χ0v) is 11.6. The molecule has 0 unspecified atom stereocenters. The lowest BCUT2D eigenvalue weighted by Crippen LogP contribution is -2.17. The molecule has 0 atom stereocenters. The van der Waals surface area contributed by atoms with Crippen molar-refractivity contribution in [2.45, 2.75) is 0 Å². The highest BCUT2D eigenvalue weighted by Crippen LogP contribution is 2.25. The molecule has 0 saturated heterocycles. The highest BCUT2D eigenvalue weighted by molar-refractivity contribution is 14.1. The summed E-state index contributed by atoms with van der Waals surface area (Å²) in [7, 11) is 0. The van der Waals surface area contributed by atoms with Gasteiger partial charge >= 0.3 is 0 Å². The smallest absolute Gasteiger partial charge is 0.257 e. The van der Waals surface area contributed by atoms with Crippen molar-refractivity contribution in [3.8, 4) is 5.82 Å². The van der Waals surface area contributed by atoms with Crippen LogP contribution in [0.25, 0.3) is 16.7 Å². The monoisotopic (exact) mass is 372 g/mol. The summed E-state index contributed by atoms with van der Waals surface area (Å²) in [6.07, 6.45) is 1.45. The quantitative estimate of drug-likeness (QED) is 0.655. The molecule has 6 heteroatoms. The molecule has 0 bridgehead atoms. The fourth-order valence-corrected chi connectivity index (χ4v) is 2.38. The minimum Gasteiger partial charge on any atom is -0.338 e. The van der Waals surface area contributed by atoms with Crippen molar-refractivity contribution < 1.29 is 8.78 Å². The maximum atomic E-state index is 14.2. The van der Waals surface area contributed by atoms with Crippen LogP contribution in [0.3, 0.4) is 0 Å². The van der Waals surface area contributed by atoms with E-state index in [9.17, 15) is 13.6 Å². The molecule has 0 aliphatic carbocycles. The van der Waals surface area contributed by atoms with E-state index in [1.54, 1.807) is 12.1 Å². The number of pyridine rings is 1. The van der Waals surface area contributed by atoms with E-state index < -0.39 is 11.6 Å². The molecule has 3 nitrogen and oxygen atoms in total. The molecule has 2 heterocycles. The van der Waals surface area contributed by atoms with Gasteiger partial charge < -0.3 is 4.98 Å². The zero-order chi connectivity index (χ0) is 13.6. The molecular weight excluding hydrogens is 365 g/mol. The van der Waals surface area contributed by atoms with Gasteiger partial charge in [0.05, 0.1) is 10.9 Å². The van der Waals surface area contributed by atoms with Gasteiger partial charge in [-0.1, -0.05) is 6.07 Å². The van der Waals surface area contributed by atoms with E-state index in [1.165, 1.54) is 24.4 Å². The van der Waals surface area contributed by atoms with Crippen molar-refractivity contribution in [3.63, 3.8) is 0 Å². The van der Waals surface area contributed by atoms with Gasteiger partial charge in [0, 0.05) is 15.8 Å². The van der Waals surface area contributed by atoms with E-state index in [4.69, 9.17) is 0 Å². The molecule has 0 fully saturated rings. The second-order valence-electron chi connectivity index (χ2n) is 4.00. The number of aromatic nitrogens is 2. The minimum atomic E-state index is -0.767. The second kappa shape index (κ2) is 4.44. The molecule has 3 rings (SSSR count). The van der Waals surface area contributed by atoms with Crippen molar-refractivity contribution in [2.24, 2.45) is 0 Å². The third-order valence-electron chi connectivity index (χ3n) is 2.82. The number of halogens is 3. The molecule has 96 valence electrons. The average Bonchev–Trinajstić information content (AvgIpc) is 2.68. The maximum Gasteiger partial charge on any atom is 0.257 e. The number of nitrogens with one attached hydrogen (secondary N) is 1. The summed E-state index contributed by atoms with van der Waals surface area (Å²) in [5.41, 5.74) is -0.0595. The van der Waals surface area contributed by atoms with Gasteiger partial charge in [-0.25, -0.2) is 8.78 Å². The molecule has 19 heavy (non-hydrogen) atoms. The molecule has 3 aromatic rings. The molecule has 0 saturated carbocycles. The van der Waals surface area contributed by atoms with Gasteiger partial charge in [-0.2, -0.15) is 0 Å². The number of H-pyrrole nitrogens is 1. The van der Waals surface area contributed by atoms with Crippen LogP contribution in [0, 0.1) is 15.2 Å². The van der Waals surface area contributed by atoms with Crippen molar-refractivity contribution in [2.75, 3.05) is 0 Å². The van der Waals surface area contributed by atoms with Crippen LogP contribution in [0.5, 0.6) is 0 Å². The standard InChI is InChI=1S/C13H7F2IN2O/c14-8-2-1-3-9-11(8)12(15)13(17-9)18-5-4-7(16)6-10(18)19/h1-6,17H. The first-order valence-electron chi connectivity index (χ1n) is 5.42. The van der Waals surface area contributed by atoms with E-state index in [2.05, 4.69) is 4.98 Å². The Labute approximate surface area is 120 Å². The van der Waals surface area contributed by atoms with Gasteiger partial charge in [0.2, 0.25) is 0 Å². The number of benzene rings is 1. The van der Waals surface area contributed by atoms with Crippen molar-refractivity contribution in [3.05, 3.63) is 62.1 Å². The number of fused-ring (bicyclic) bond motifs is 1. The lowest BCUT2D eigenvalue weighted by Gasteiger charge is -2.02. The Bertz CT molecular complexity index is 838. The topological polar surface area (TPSA) is 37.8 Å². The van der Waals surface area contributed by atoms with Crippen LogP contribution in [0.4, 0.5) is 8.78 Å². The van der Waals surface area contributed by atoms with E-state index >= 15 is 0 Å².